The van der Waals surface area contributed by atoms with Crippen molar-refractivity contribution in [3.05, 3.63) is 63.8 Å². The molecule has 2 unspecified atom stereocenters. The van der Waals surface area contributed by atoms with Gasteiger partial charge in [-0.25, -0.2) is 9.78 Å². The zero-order valence-corrected chi connectivity index (χ0v) is 16.4. The first-order valence-corrected chi connectivity index (χ1v) is 10.5. The number of aromatic amines is 1. The molecule has 2 aliphatic carbocycles. The molecule has 0 amide bonds. The summed E-state index contributed by atoms with van der Waals surface area (Å²) < 4.78 is 4.63. The molecule has 1 aromatic carbocycles. The molecule has 1 aliphatic heterocycles. The van der Waals surface area contributed by atoms with Crippen molar-refractivity contribution in [1.29, 1.82) is 0 Å². The minimum absolute atomic E-state index is 0.360. The summed E-state index contributed by atoms with van der Waals surface area (Å²) in [7, 11) is 0. The topological polar surface area (TPSA) is 83.8 Å². The maximum absolute atomic E-state index is 11.3. The van der Waals surface area contributed by atoms with E-state index in [1.165, 1.54) is 42.5 Å². The molecule has 6 nitrogen and oxygen atoms in total. The first kappa shape index (κ1) is 17.0. The van der Waals surface area contributed by atoms with Gasteiger partial charge in [0.1, 0.15) is 5.69 Å². The van der Waals surface area contributed by atoms with Crippen molar-refractivity contribution in [1.82, 2.24) is 15.1 Å². The summed E-state index contributed by atoms with van der Waals surface area (Å²) in [5.41, 5.74) is 6.21. The number of pyridine rings is 1. The molecule has 29 heavy (non-hydrogen) atoms. The first-order valence-electron chi connectivity index (χ1n) is 10.5. The Bertz CT molecular complexity index is 1140. The van der Waals surface area contributed by atoms with Crippen LogP contribution < -0.4 is 11.1 Å². The van der Waals surface area contributed by atoms with Crippen molar-refractivity contribution in [3.63, 3.8) is 0 Å². The van der Waals surface area contributed by atoms with Gasteiger partial charge in [-0.2, -0.15) is 0 Å². The van der Waals surface area contributed by atoms with Crippen LogP contribution in [0.15, 0.2) is 45.7 Å². The fourth-order valence-electron chi connectivity index (χ4n) is 4.83. The highest BCUT2D eigenvalue weighted by molar-refractivity contribution is 5.63. The third-order valence-electron chi connectivity index (χ3n) is 6.95. The van der Waals surface area contributed by atoms with Crippen LogP contribution in [0.3, 0.4) is 0 Å². The van der Waals surface area contributed by atoms with Gasteiger partial charge in [-0.3, -0.25) is 9.51 Å². The van der Waals surface area contributed by atoms with Gasteiger partial charge in [-0.05, 0) is 72.8 Å². The van der Waals surface area contributed by atoms with Gasteiger partial charge in [0, 0.05) is 23.3 Å². The van der Waals surface area contributed by atoms with E-state index in [4.69, 9.17) is 4.98 Å². The fraction of sp³-hybridized carbons (Fsp3) is 0.435. The van der Waals surface area contributed by atoms with Crippen molar-refractivity contribution in [2.45, 2.75) is 56.9 Å². The Morgan fingerprint density at radius 1 is 1.21 bits per heavy atom. The van der Waals surface area contributed by atoms with E-state index in [-0.39, 0.29) is 0 Å². The van der Waals surface area contributed by atoms with Gasteiger partial charge >= 0.3 is 5.76 Å². The molecule has 0 spiro atoms. The van der Waals surface area contributed by atoms with Crippen molar-refractivity contribution in [2.24, 2.45) is 5.41 Å². The van der Waals surface area contributed by atoms with Gasteiger partial charge in [0.25, 0.3) is 0 Å². The average Bonchev–Trinajstić information content (AvgIpc) is 3.63. The third-order valence-corrected chi connectivity index (χ3v) is 6.95. The molecule has 3 aliphatic rings. The molecular formula is C23H24N4O2. The van der Waals surface area contributed by atoms with Crippen LogP contribution in [-0.4, -0.2) is 21.2 Å². The number of H-pyrrole nitrogens is 1. The molecule has 2 saturated carbocycles. The lowest BCUT2D eigenvalue weighted by Crippen LogP contribution is -2.31. The number of anilines is 1. The summed E-state index contributed by atoms with van der Waals surface area (Å²) in [6.07, 6.45) is 6.06. The number of rotatable bonds is 5. The van der Waals surface area contributed by atoms with Gasteiger partial charge in [0.2, 0.25) is 5.82 Å². The Morgan fingerprint density at radius 2 is 2.07 bits per heavy atom. The summed E-state index contributed by atoms with van der Waals surface area (Å²) in [6, 6.07) is 13.4. The molecule has 0 bridgehead atoms. The van der Waals surface area contributed by atoms with Gasteiger partial charge in [0.15, 0.2) is 0 Å². The Balaban J connectivity index is 1.34. The maximum Gasteiger partial charge on any atom is 0.439 e. The molecule has 2 fully saturated rings. The summed E-state index contributed by atoms with van der Waals surface area (Å²) >= 11 is 0. The summed E-state index contributed by atoms with van der Waals surface area (Å²) in [6.45, 7) is 2.40. The van der Waals surface area contributed by atoms with Gasteiger partial charge in [0.05, 0.1) is 0 Å². The van der Waals surface area contributed by atoms with Crippen LogP contribution in [0.5, 0.6) is 0 Å². The first-order chi connectivity index (χ1) is 14.1. The number of benzene rings is 1. The normalized spacial score (nSPS) is 24.2. The number of fused-ring (bicyclic) bond motifs is 1. The molecule has 2 atom stereocenters. The summed E-state index contributed by atoms with van der Waals surface area (Å²) in [4.78, 5) is 18.6. The maximum atomic E-state index is 11.3. The average molecular weight is 388 g/mol. The Morgan fingerprint density at radius 3 is 2.79 bits per heavy atom. The molecular weight excluding hydrogens is 364 g/mol. The number of hydrogen-bond donors (Lipinski definition) is 2. The number of nitrogens with one attached hydrogen (secondary N) is 2. The van der Waals surface area contributed by atoms with E-state index >= 15 is 0 Å². The van der Waals surface area contributed by atoms with Crippen LogP contribution in [-0.2, 0) is 6.42 Å². The number of hydrogen-bond acceptors (Lipinski definition) is 5. The molecule has 2 aromatic heterocycles. The van der Waals surface area contributed by atoms with E-state index in [1.807, 2.05) is 12.1 Å². The molecule has 6 heteroatoms. The molecule has 3 aromatic rings. The number of nitrogens with zero attached hydrogens (tertiary/aromatic N) is 2. The van der Waals surface area contributed by atoms with Gasteiger partial charge in [-0.15, -0.1) is 0 Å². The smallest absolute Gasteiger partial charge is 0.381 e. The second-order valence-electron chi connectivity index (χ2n) is 9.17. The summed E-state index contributed by atoms with van der Waals surface area (Å²) in [5, 5.41) is 7.65. The second-order valence-corrected chi connectivity index (χ2v) is 9.17. The third kappa shape index (κ3) is 2.98. The minimum atomic E-state index is -0.561. The van der Waals surface area contributed by atoms with Gasteiger partial charge in [-0.1, -0.05) is 30.3 Å². The van der Waals surface area contributed by atoms with Crippen LogP contribution in [0.2, 0.25) is 0 Å². The molecule has 3 heterocycles. The predicted molar refractivity (Wildman–Crippen MR) is 110 cm³/mol. The second kappa shape index (κ2) is 6.05. The van der Waals surface area contributed by atoms with Crippen molar-refractivity contribution < 1.29 is 4.52 Å². The lowest BCUT2D eigenvalue weighted by atomic mass is 9.82. The van der Waals surface area contributed by atoms with E-state index in [9.17, 15) is 4.79 Å². The van der Waals surface area contributed by atoms with E-state index in [1.54, 1.807) is 0 Å². The van der Waals surface area contributed by atoms with Crippen LogP contribution in [0.1, 0.15) is 61.3 Å². The van der Waals surface area contributed by atoms with Crippen molar-refractivity contribution in [3.8, 4) is 11.5 Å². The minimum Gasteiger partial charge on any atom is -0.381 e. The van der Waals surface area contributed by atoms with E-state index in [2.05, 4.69) is 51.2 Å². The zero-order chi connectivity index (χ0) is 19.6. The quantitative estimate of drug-likeness (QED) is 0.684. The van der Waals surface area contributed by atoms with Crippen LogP contribution in [0.25, 0.3) is 11.5 Å². The largest absolute Gasteiger partial charge is 0.439 e. The molecule has 0 radical (unpaired) electrons. The van der Waals surface area contributed by atoms with Crippen LogP contribution >= 0.6 is 0 Å². The van der Waals surface area contributed by atoms with Crippen molar-refractivity contribution >= 4 is 5.69 Å². The highest BCUT2D eigenvalue weighted by Crippen LogP contribution is 2.57. The highest BCUT2D eigenvalue weighted by Gasteiger charge is 2.51. The summed E-state index contributed by atoms with van der Waals surface area (Å²) in [5.74, 6) is 0.972. The SMILES string of the molecule is CC1(C2Nc3cc(C4CC4)ccc3C2Cc2cccc(-c3noc(=O)[nH]3)n2)CC1. The van der Waals surface area contributed by atoms with E-state index in [0.717, 1.165) is 18.0 Å². The monoisotopic (exact) mass is 388 g/mol. The fourth-order valence-corrected chi connectivity index (χ4v) is 4.83. The number of aromatic nitrogens is 3. The standard InChI is InChI=1S/C23H24N4O2/c1-23(9-10-23)20-17(16-8-7-14(13-5-6-13)11-19(16)25-20)12-15-3-2-4-18(24-15)21-26-22(28)29-27-21/h2-4,7-8,11,13,17,20,25H,5-6,9-10,12H2,1H3,(H,26,27,28). The van der Waals surface area contributed by atoms with Crippen LogP contribution in [0, 0.1) is 5.41 Å². The Kier molecular flexibility index (Phi) is 3.55. The van der Waals surface area contributed by atoms with Crippen LogP contribution in [0.4, 0.5) is 5.69 Å². The molecule has 0 saturated heterocycles. The molecule has 148 valence electrons. The lowest BCUT2D eigenvalue weighted by molar-refractivity contribution is 0.387. The van der Waals surface area contributed by atoms with E-state index < -0.39 is 5.76 Å². The molecule has 6 rings (SSSR count). The zero-order valence-electron chi connectivity index (χ0n) is 16.4. The predicted octanol–water partition coefficient (Wildman–Crippen LogP) is 4.22. The molecule has 2 N–H and O–H groups in total. The van der Waals surface area contributed by atoms with Crippen molar-refractivity contribution in [2.75, 3.05) is 5.32 Å². The highest BCUT2D eigenvalue weighted by atomic mass is 16.5. The van der Waals surface area contributed by atoms with Gasteiger partial charge < -0.3 is 5.32 Å². The Hall–Kier alpha value is -2.89. The Labute approximate surface area is 168 Å². The lowest BCUT2D eigenvalue weighted by Gasteiger charge is -2.26. The van der Waals surface area contributed by atoms with E-state index in [0.29, 0.717) is 28.9 Å².